The maximum absolute atomic E-state index is 13.1. The predicted octanol–water partition coefficient (Wildman–Crippen LogP) is 2.02. The van der Waals surface area contributed by atoms with Gasteiger partial charge in [-0.15, -0.1) is 0 Å². The Kier molecular flexibility index (Phi) is 6.80. The van der Waals surface area contributed by atoms with Gasteiger partial charge in [0, 0.05) is 38.4 Å². The van der Waals surface area contributed by atoms with Crippen molar-refractivity contribution < 1.29 is 18.0 Å². The highest BCUT2D eigenvalue weighted by atomic mass is 32.2. The number of carbonyl (C=O) groups is 2. The minimum atomic E-state index is -3.64. The van der Waals surface area contributed by atoms with Gasteiger partial charge in [-0.05, 0) is 44.9 Å². The number of rotatable bonds is 6. The normalized spacial score (nSPS) is 15.0. The first-order valence-electron chi connectivity index (χ1n) is 10.3. The molecule has 0 aliphatic carbocycles. The fraction of sp³-hybridized carbons (Fsp3) is 0.476. The summed E-state index contributed by atoms with van der Waals surface area (Å²) in [7, 11) is -0.327. The van der Waals surface area contributed by atoms with Crippen molar-refractivity contribution in [3.63, 3.8) is 0 Å². The van der Waals surface area contributed by atoms with Gasteiger partial charge in [0.05, 0.1) is 11.4 Å². The van der Waals surface area contributed by atoms with Crippen LogP contribution >= 0.6 is 0 Å². The van der Waals surface area contributed by atoms with Crippen molar-refractivity contribution in [1.82, 2.24) is 19.0 Å². The summed E-state index contributed by atoms with van der Waals surface area (Å²) in [5.41, 5.74) is 1.77. The van der Waals surface area contributed by atoms with E-state index in [1.807, 2.05) is 0 Å². The fourth-order valence-corrected chi connectivity index (χ4v) is 5.66. The van der Waals surface area contributed by atoms with Gasteiger partial charge in [-0.1, -0.05) is 12.5 Å². The average Bonchev–Trinajstić information content (AvgIpc) is 3.01. The van der Waals surface area contributed by atoms with E-state index in [-0.39, 0.29) is 23.3 Å². The number of amides is 2. The third-order valence-electron chi connectivity index (χ3n) is 5.32. The van der Waals surface area contributed by atoms with Crippen LogP contribution in [0.1, 0.15) is 41.0 Å². The number of anilines is 1. The van der Waals surface area contributed by atoms with Crippen LogP contribution in [0.4, 0.5) is 5.69 Å². The highest BCUT2D eigenvalue weighted by molar-refractivity contribution is 7.89. The first-order chi connectivity index (χ1) is 14.6. The summed E-state index contributed by atoms with van der Waals surface area (Å²) >= 11 is 0. The van der Waals surface area contributed by atoms with Crippen molar-refractivity contribution in [2.24, 2.45) is 0 Å². The molecule has 1 aliphatic rings. The number of carbonyl (C=O) groups excluding carboxylic acids is 2. The highest BCUT2D eigenvalue weighted by Gasteiger charge is 2.32. The van der Waals surface area contributed by atoms with E-state index in [0.29, 0.717) is 35.7 Å². The van der Waals surface area contributed by atoms with E-state index < -0.39 is 10.0 Å². The first kappa shape index (κ1) is 23.0. The summed E-state index contributed by atoms with van der Waals surface area (Å²) in [4.78, 5) is 26.4. The molecule has 168 valence electrons. The standard InChI is InChI=1S/C21H29N5O4S/c1-15-20(31(29,30)25-11-6-5-7-12-25)16(2)26(23-15)14-19(27)22-18-10-8-9-17(13-18)21(28)24(3)4/h8-10,13H,5-7,11-12,14H2,1-4H3,(H,22,27). The summed E-state index contributed by atoms with van der Waals surface area (Å²) in [6, 6.07) is 6.67. The Bertz CT molecular complexity index is 1090. The molecule has 2 heterocycles. The molecule has 0 bridgehead atoms. The van der Waals surface area contributed by atoms with Gasteiger partial charge >= 0.3 is 0 Å². The lowest BCUT2D eigenvalue weighted by Gasteiger charge is -2.25. The third kappa shape index (κ3) is 4.96. The Morgan fingerprint density at radius 2 is 1.81 bits per heavy atom. The van der Waals surface area contributed by atoms with Crippen LogP contribution in [0.5, 0.6) is 0 Å². The van der Waals surface area contributed by atoms with E-state index in [2.05, 4.69) is 10.4 Å². The molecule has 2 aromatic rings. The Labute approximate surface area is 183 Å². The van der Waals surface area contributed by atoms with Crippen molar-refractivity contribution in [1.29, 1.82) is 0 Å². The molecule has 0 unspecified atom stereocenters. The number of benzene rings is 1. The average molecular weight is 448 g/mol. The van der Waals surface area contributed by atoms with Gasteiger partial charge in [0.2, 0.25) is 15.9 Å². The number of hydrogen-bond acceptors (Lipinski definition) is 5. The van der Waals surface area contributed by atoms with Crippen LogP contribution in [0.2, 0.25) is 0 Å². The number of aromatic nitrogens is 2. The van der Waals surface area contributed by atoms with Crippen molar-refractivity contribution in [3.8, 4) is 0 Å². The lowest BCUT2D eigenvalue weighted by atomic mass is 10.2. The molecule has 0 spiro atoms. The Balaban J connectivity index is 1.77. The minimum absolute atomic E-state index is 0.131. The van der Waals surface area contributed by atoms with E-state index in [1.54, 1.807) is 52.2 Å². The SMILES string of the molecule is Cc1nn(CC(=O)Nc2cccc(C(=O)N(C)C)c2)c(C)c1S(=O)(=O)N1CCCCC1. The lowest BCUT2D eigenvalue weighted by molar-refractivity contribution is -0.116. The molecule has 9 nitrogen and oxygen atoms in total. The molecule has 1 aromatic carbocycles. The van der Waals surface area contributed by atoms with Crippen LogP contribution < -0.4 is 5.32 Å². The van der Waals surface area contributed by atoms with E-state index in [4.69, 9.17) is 0 Å². The molecular formula is C21H29N5O4S. The van der Waals surface area contributed by atoms with E-state index in [9.17, 15) is 18.0 Å². The number of piperidine rings is 1. The van der Waals surface area contributed by atoms with Gasteiger partial charge in [-0.2, -0.15) is 9.40 Å². The molecule has 0 saturated carbocycles. The lowest BCUT2D eigenvalue weighted by Crippen LogP contribution is -2.36. The monoisotopic (exact) mass is 447 g/mol. The fourth-order valence-electron chi connectivity index (χ4n) is 3.77. The molecule has 1 fully saturated rings. The number of nitrogens with zero attached hydrogens (tertiary/aromatic N) is 4. The van der Waals surface area contributed by atoms with Crippen LogP contribution in [0, 0.1) is 13.8 Å². The zero-order chi connectivity index (χ0) is 22.8. The molecule has 0 radical (unpaired) electrons. The number of nitrogens with one attached hydrogen (secondary N) is 1. The molecular weight excluding hydrogens is 418 g/mol. The highest BCUT2D eigenvalue weighted by Crippen LogP contribution is 2.26. The second-order valence-electron chi connectivity index (χ2n) is 7.95. The van der Waals surface area contributed by atoms with E-state index in [1.165, 1.54) is 13.9 Å². The largest absolute Gasteiger partial charge is 0.345 e. The van der Waals surface area contributed by atoms with Crippen LogP contribution in [0.25, 0.3) is 0 Å². The molecule has 0 atom stereocenters. The number of sulfonamides is 1. The van der Waals surface area contributed by atoms with E-state index in [0.717, 1.165) is 19.3 Å². The van der Waals surface area contributed by atoms with Crippen LogP contribution in [0.3, 0.4) is 0 Å². The molecule has 1 aromatic heterocycles. The number of aryl methyl sites for hydroxylation is 1. The Morgan fingerprint density at radius 1 is 1.13 bits per heavy atom. The first-order valence-corrected chi connectivity index (χ1v) is 11.7. The van der Waals surface area contributed by atoms with Crippen LogP contribution in [-0.2, 0) is 21.4 Å². The molecule has 3 rings (SSSR count). The van der Waals surface area contributed by atoms with E-state index >= 15 is 0 Å². The van der Waals surface area contributed by atoms with Crippen LogP contribution in [-0.4, -0.2) is 66.4 Å². The second-order valence-corrected chi connectivity index (χ2v) is 9.83. The molecule has 31 heavy (non-hydrogen) atoms. The summed E-state index contributed by atoms with van der Waals surface area (Å²) < 4.78 is 29.1. The smallest absolute Gasteiger partial charge is 0.253 e. The van der Waals surface area contributed by atoms with Gasteiger partial charge in [-0.3, -0.25) is 14.3 Å². The molecule has 1 aliphatic heterocycles. The van der Waals surface area contributed by atoms with Gasteiger partial charge in [0.25, 0.3) is 5.91 Å². The minimum Gasteiger partial charge on any atom is -0.345 e. The summed E-state index contributed by atoms with van der Waals surface area (Å²) in [5, 5.41) is 7.06. The van der Waals surface area contributed by atoms with Gasteiger partial charge in [0.1, 0.15) is 11.4 Å². The maximum Gasteiger partial charge on any atom is 0.253 e. The van der Waals surface area contributed by atoms with Gasteiger partial charge in [0.15, 0.2) is 0 Å². The quantitative estimate of drug-likeness (QED) is 0.729. The number of hydrogen-bond donors (Lipinski definition) is 1. The van der Waals surface area contributed by atoms with Crippen molar-refractivity contribution in [2.75, 3.05) is 32.5 Å². The molecule has 1 N–H and O–H groups in total. The van der Waals surface area contributed by atoms with Crippen molar-refractivity contribution in [3.05, 3.63) is 41.2 Å². The summed E-state index contributed by atoms with van der Waals surface area (Å²) in [5.74, 6) is -0.524. The summed E-state index contributed by atoms with van der Waals surface area (Å²) in [6.45, 7) is 4.20. The maximum atomic E-state index is 13.1. The predicted molar refractivity (Wildman–Crippen MR) is 117 cm³/mol. The third-order valence-corrected chi connectivity index (χ3v) is 7.47. The summed E-state index contributed by atoms with van der Waals surface area (Å²) in [6.07, 6.45) is 2.73. The molecule has 2 amide bonds. The second kappa shape index (κ2) is 9.19. The van der Waals surface area contributed by atoms with Crippen molar-refractivity contribution >= 4 is 27.5 Å². The zero-order valence-electron chi connectivity index (χ0n) is 18.4. The van der Waals surface area contributed by atoms with Crippen LogP contribution in [0.15, 0.2) is 29.2 Å². The zero-order valence-corrected chi connectivity index (χ0v) is 19.2. The topological polar surface area (TPSA) is 105 Å². The Morgan fingerprint density at radius 3 is 2.45 bits per heavy atom. The Hall–Kier alpha value is -2.72. The van der Waals surface area contributed by atoms with Crippen molar-refractivity contribution in [2.45, 2.75) is 44.6 Å². The molecule has 1 saturated heterocycles. The molecule has 10 heteroatoms. The van der Waals surface area contributed by atoms with Gasteiger partial charge in [-0.25, -0.2) is 8.42 Å². The van der Waals surface area contributed by atoms with Gasteiger partial charge < -0.3 is 10.2 Å².